The highest BCUT2D eigenvalue weighted by molar-refractivity contribution is 5.72. The topological polar surface area (TPSA) is 35.5 Å². The molecule has 0 heterocycles. The number of carbonyl (C=O) groups is 1. The molecule has 0 aromatic rings. The summed E-state index contributed by atoms with van der Waals surface area (Å²) in [5.41, 5.74) is 0. The standard InChI is InChI=1S/C13H24O3/c1-3-15-9-6-10-16-13(14)12-8-5-4-7-11(12)2/h11-12H,3-10H2,1-2H3. The van der Waals surface area contributed by atoms with Gasteiger partial charge in [0.25, 0.3) is 0 Å². The van der Waals surface area contributed by atoms with E-state index in [4.69, 9.17) is 9.47 Å². The lowest BCUT2D eigenvalue weighted by Gasteiger charge is -2.26. The number of carbonyl (C=O) groups excluding carboxylic acids is 1. The zero-order valence-corrected chi connectivity index (χ0v) is 10.5. The first-order valence-electron chi connectivity index (χ1n) is 6.50. The van der Waals surface area contributed by atoms with Crippen molar-refractivity contribution in [2.45, 2.75) is 46.0 Å². The van der Waals surface area contributed by atoms with E-state index in [0.29, 0.717) is 19.1 Å². The van der Waals surface area contributed by atoms with Crippen LogP contribution in [-0.4, -0.2) is 25.8 Å². The van der Waals surface area contributed by atoms with Crippen molar-refractivity contribution >= 4 is 5.97 Å². The van der Waals surface area contributed by atoms with Gasteiger partial charge in [0, 0.05) is 19.6 Å². The fourth-order valence-electron chi connectivity index (χ4n) is 2.25. The van der Waals surface area contributed by atoms with Crippen molar-refractivity contribution in [3.05, 3.63) is 0 Å². The molecule has 3 nitrogen and oxygen atoms in total. The first kappa shape index (κ1) is 13.5. The fraction of sp³-hybridized carbons (Fsp3) is 0.923. The number of esters is 1. The smallest absolute Gasteiger partial charge is 0.309 e. The largest absolute Gasteiger partial charge is 0.465 e. The summed E-state index contributed by atoms with van der Waals surface area (Å²) in [5, 5.41) is 0. The summed E-state index contributed by atoms with van der Waals surface area (Å²) in [6, 6.07) is 0. The van der Waals surface area contributed by atoms with Crippen LogP contribution in [0.1, 0.15) is 46.0 Å². The van der Waals surface area contributed by atoms with E-state index in [1.54, 1.807) is 0 Å². The number of ether oxygens (including phenoxy) is 2. The van der Waals surface area contributed by atoms with Crippen molar-refractivity contribution in [1.82, 2.24) is 0 Å². The SMILES string of the molecule is CCOCCCOC(=O)C1CCCCC1C. The van der Waals surface area contributed by atoms with Gasteiger partial charge in [0.1, 0.15) is 0 Å². The number of hydrogen-bond donors (Lipinski definition) is 0. The molecule has 1 aliphatic carbocycles. The van der Waals surface area contributed by atoms with Crippen molar-refractivity contribution < 1.29 is 14.3 Å². The Labute approximate surface area is 98.5 Å². The second kappa shape index (κ2) is 7.66. The van der Waals surface area contributed by atoms with Gasteiger partial charge in [0.15, 0.2) is 0 Å². The van der Waals surface area contributed by atoms with Crippen molar-refractivity contribution in [3.8, 4) is 0 Å². The molecule has 0 aromatic heterocycles. The Balaban J connectivity index is 2.13. The highest BCUT2D eigenvalue weighted by atomic mass is 16.5. The second-order valence-corrected chi connectivity index (χ2v) is 4.59. The highest BCUT2D eigenvalue weighted by Crippen LogP contribution is 2.30. The summed E-state index contributed by atoms with van der Waals surface area (Å²) in [4.78, 5) is 11.8. The molecule has 0 bridgehead atoms. The highest BCUT2D eigenvalue weighted by Gasteiger charge is 2.28. The maximum atomic E-state index is 11.8. The van der Waals surface area contributed by atoms with Gasteiger partial charge in [0.2, 0.25) is 0 Å². The van der Waals surface area contributed by atoms with Crippen LogP contribution >= 0.6 is 0 Å². The van der Waals surface area contributed by atoms with E-state index in [1.165, 1.54) is 19.3 Å². The minimum atomic E-state index is 0.00342. The predicted octanol–water partition coefficient (Wildman–Crippen LogP) is 2.78. The molecule has 0 saturated heterocycles. The van der Waals surface area contributed by atoms with Crippen LogP contribution in [0.4, 0.5) is 0 Å². The molecule has 1 aliphatic rings. The average Bonchev–Trinajstić information content (AvgIpc) is 2.29. The maximum absolute atomic E-state index is 11.8. The Morgan fingerprint density at radius 2 is 2.00 bits per heavy atom. The van der Waals surface area contributed by atoms with Crippen LogP contribution in [0.3, 0.4) is 0 Å². The summed E-state index contributed by atoms with van der Waals surface area (Å²) in [6.45, 7) is 6.04. The van der Waals surface area contributed by atoms with E-state index in [0.717, 1.165) is 19.4 Å². The van der Waals surface area contributed by atoms with Gasteiger partial charge >= 0.3 is 5.97 Å². The Kier molecular flexibility index (Phi) is 6.46. The number of rotatable bonds is 6. The third kappa shape index (κ3) is 4.52. The first-order valence-corrected chi connectivity index (χ1v) is 6.50. The molecule has 0 radical (unpaired) electrons. The van der Waals surface area contributed by atoms with Gasteiger partial charge in [-0.1, -0.05) is 19.8 Å². The minimum absolute atomic E-state index is 0.00342. The van der Waals surface area contributed by atoms with E-state index in [2.05, 4.69) is 6.92 Å². The molecule has 1 rings (SSSR count). The van der Waals surface area contributed by atoms with Gasteiger partial charge < -0.3 is 9.47 Å². The molecule has 2 unspecified atom stereocenters. The molecule has 3 heteroatoms. The molecule has 0 aliphatic heterocycles. The third-order valence-corrected chi connectivity index (χ3v) is 3.30. The van der Waals surface area contributed by atoms with Gasteiger partial charge in [0.05, 0.1) is 12.5 Å². The molecule has 0 N–H and O–H groups in total. The van der Waals surface area contributed by atoms with Crippen molar-refractivity contribution in [1.29, 1.82) is 0 Å². The molecule has 0 spiro atoms. The molecule has 0 amide bonds. The lowest BCUT2D eigenvalue weighted by molar-refractivity contribution is -0.151. The van der Waals surface area contributed by atoms with Crippen molar-refractivity contribution in [2.75, 3.05) is 19.8 Å². The van der Waals surface area contributed by atoms with Crippen LogP contribution in [0.2, 0.25) is 0 Å². The van der Waals surface area contributed by atoms with Crippen LogP contribution in [0.15, 0.2) is 0 Å². The molecule has 16 heavy (non-hydrogen) atoms. The quantitative estimate of drug-likeness (QED) is 0.518. The lowest BCUT2D eigenvalue weighted by atomic mass is 9.80. The summed E-state index contributed by atoms with van der Waals surface area (Å²) < 4.78 is 10.5. The summed E-state index contributed by atoms with van der Waals surface area (Å²) in [7, 11) is 0. The van der Waals surface area contributed by atoms with E-state index in [1.807, 2.05) is 6.92 Å². The zero-order chi connectivity index (χ0) is 11.8. The third-order valence-electron chi connectivity index (χ3n) is 3.30. The number of hydrogen-bond acceptors (Lipinski definition) is 3. The fourth-order valence-corrected chi connectivity index (χ4v) is 2.25. The normalized spacial score (nSPS) is 25.4. The van der Waals surface area contributed by atoms with E-state index < -0.39 is 0 Å². The molecule has 2 atom stereocenters. The molecular weight excluding hydrogens is 204 g/mol. The van der Waals surface area contributed by atoms with Gasteiger partial charge in [-0.25, -0.2) is 0 Å². The van der Waals surface area contributed by atoms with Gasteiger partial charge in [-0.15, -0.1) is 0 Å². The Morgan fingerprint density at radius 3 is 2.69 bits per heavy atom. The summed E-state index contributed by atoms with van der Waals surface area (Å²) in [5.74, 6) is 0.637. The Morgan fingerprint density at radius 1 is 1.25 bits per heavy atom. The molecular formula is C13H24O3. The second-order valence-electron chi connectivity index (χ2n) is 4.59. The molecule has 94 valence electrons. The maximum Gasteiger partial charge on any atom is 0.309 e. The van der Waals surface area contributed by atoms with Crippen LogP contribution in [0, 0.1) is 11.8 Å². The molecule has 1 saturated carbocycles. The van der Waals surface area contributed by atoms with Crippen LogP contribution in [0.25, 0.3) is 0 Å². The summed E-state index contributed by atoms with van der Waals surface area (Å²) >= 11 is 0. The van der Waals surface area contributed by atoms with Gasteiger partial charge in [-0.2, -0.15) is 0 Å². The minimum Gasteiger partial charge on any atom is -0.465 e. The van der Waals surface area contributed by atoms with Crippen LogP contribution in [-0.2, 0) is 14.3 Å². The predicted molar refractivity (Wildman–Crippen MR) is 63.2 cm³/mol. The Bertz CT molecular complexity index is 203. The van der Waals surface area contributed by atoms with Gasteiger partial charge in [-0.05, 0) is 25.7 Å². The lowest BCUT2D eigenvalue weighted by Crippen LogP contribution is -2.27. The van der Waals surface area contributed by atoms with Crippen LogP contribution in [0.5, 0.6) is 0 Å². The van der Waals surface area contributed by atoms with Crippen molar-refractivity contribution in [3.63, 3.8) is 0 Å². The zero-order valence-electron chi connectivity index (χ0n) is 10.5. The van der Waals surface area contributed by atoms with Gasteiger partial charge in [-0.3, -0.25) is 4.79 Å². The van der Waals surface area contributed by atoms with E-state index >= 15 is 0 Å². The Hall–Kier alpha value is -0.570. The average molecular weight is 228 g/mol. The van der Waals surface area contributed by atoms with Crippen LogP contribution < -0.4 is 0 Å². The van der Waals surface area contributed by atoms with Crippen molar-refractivity contribution in [2.24, 2.45) is 11.8 Å². The van der Waals surface area contributed by atoms with E-state index in [-0.39, 0.29) is 11.9 Å². The molecule has 0 aromatic carbocycles. The first-order chi connectivity index (χ1) is 7.75. The monoisotopic (exact) mass is 228 g/mol. The summed E-state index contributed by atoms with van der Waals surface area (Å²) in [6.07, 6.45) is 5.41. The molecule has 1 fully saturated rings. The van der Waals surface area contributed by atoms with E-state index in [9.17, 15) is 4.79 Å².